The first kappa shape index (κ1) is 19.4. The summed E-state index contributed by atoms with van der Waals surface area (Å²) in [5.41, 5.74) is 2.52. The number of furan rings is 1. The number of nitrogens with one attached hydrogen (secondary N) is 1. The molecule has 1 aromatic heterocycles. The minimum absolute atomic E-state index is 0.196. The van der Waals surface area contributed by atoms with Gasteiger partial charge in [-0.05, 0) is 23.3 Å². The molecular formula is C19H24F2N2O2S. The van der Waals surface area contributed by atoms with E-state index in [1.807, 2.05) is 6.07 Å². The zero-order valence-electron chi connectivity index (χ0n) is 14.6. The number of hydrogen-bond acceptors (Lipinski definition) is 5. The molecule has 0 unspecified atom stereocenters. The fourth-order valence-corrected chi connectivity index (χ4v) is 3.37. The molecule has 1 aromatic carbocycles. The molecule has 4 nitrogen and oxygen atoms in total. The Bertz CT molecular complexity index is 675. The van der Waals surface area contributed by atoms with E-state index in [-0.39, 0.29) is 5.75 Å². The van der Waals surface area contributed by atoms with Crippen molar-refractivity contribution >= 4 is 11.8 Å². The molecule has 0 amide bonds. The lowest BCUT2D eigenvalue weighted by Crippen LogP contribution is -2.35. The molecule has 1 fully saturated rings. The van der Waals surface area contributed by atoms with Crippen LogP contribution in [0.15, 0.2) is 40.8 Å². The van der Waals surface area contributed by atoms with E-state index in [1.54, 1.807) is 6.07 Å². The van der Waals surface area contributed by atoms with Crippen molar-refractivity contribution in [2.24, 2.45) is 0 Å². The summed E-state index contributed by atoms with van der Waals surface area (Å²) >= 11 is 0.575. The van der Waals surface area contributed by atoms with Gasteiger partial charge in [-0.1, -0.05) is 36.0 Å². The first-order valence-corrected chi connectivity index (χ1v) is 9.80. The van der Waals surface area contributed by atoms with E-state index in [1.165, 1.54) is 11.1 Å². The molecule has 142 valence electrons. The lowest BCUT2D eigenvalue weighted by molar-refractivity contribution is 0.0342. The van der Waals surface area contributed by atoms with Gasteiger partial charge in [0.15, 0.2) is 0 Å². The average Bonchev–Trinajstić information content (AvgIpc) is 3.09. The molecule has 3 rings (SSSR count). The van der Waals surface area contributed by atoms with Gasteiger partial charge in [0.25, 0.3) is 5.76 Å². The quantitative estimate of drug-likeness (QED) is 0.713. The standard InChI is InChI=1S/C19H24F2N2O2S/c20-19(21)26-14-18-5-4-17(25-18)12-22-11-15-2-1-3-16(10-15)13-23-6-8-24-9-7-23/h1-5,10,19,22H,6-9,11-14H2. The Balaban J connectivity index is 1.43. The minimum Gasteiger partial charge on any atom is -0.464 e. The Hall–Kier alpha value is -1.41. The number of ether oxygens (including phenoxy) is 1. The smallest absolute Gasteiger partial charge is 0.284 e. The van der Waals surface area contributed by atoms with Gasteiger partial charge in [-0.25, -0.2) is 0 Å². The van der Waals surface area contributed by atoms with Crippen LogP contribution in [0.2, 0.25) is 0 Å². The lowest BCUT2D eigenvalue weighted by Gasteiger charge is -2.26. The van der Waals surface area contributed by atoms with Crippen LogP contribution in [0.3, 0.4) is 0 Å². The predicted octanol–water partition coefficient (Wildman–Crippen LogP) is 3.86. The van der Waals surface area contributed by atoms with Crippen LogP contribution < -0.4 is 5.32 Å². The highest BCUT2D eigenvalue weighted by Crippen LogP contribution is 2.21. The molecule has 0 atom stereocenters. The van der Waals surface area contributed by atoms with Gasteiger partial charge in [-0.3, -0.25) is 4.90 Å². The highest BCUT2D eigenvalue weighted by Gasteiger charge is 2.11. The van der Waals surface area contributed by atoms with Gasteiger partial charge in [0.2, 0.25) is 0 Å². The maximum atomic E-state index is 12.2. The SMILES string of the molecule is FC(F)SCc1ccc(CNCc2cccc(CN3CCOCC3)c2)o1. The van der Waals surface area contributed by atoms with Crippen molar-refractivity contribution in [2.75, 3.05) is 26.3 Å². The van der Waals surface area contributed by atoms with Gasteiger partial charge < -0.3 is 14.5 Å². The molecule has 2 aromatic rings. The molecule has 26 heavy (non-hydrogen) atoms. The summed E-state index contributed by atoms with van der Waals surface area (Å²) in [5, 5.41) is 3.34. The molecule has 1 aliphatic rings. The third kappa shape index (κ3) is 6.39. The van der Waals surface area contributed by atoms with Crippen molar-refractivity contribution in [1.82, 2.24) is 10.2 Å². The molecule has 1 aliphatic heterocycles. The number of alkyl halides is 2. The van der Waals surface area contributed by atoms with Crippen LogP contribution in [0.5, 0.6) is 0 Å². The van der Waals surface area contributed by atoms with Crippen LogP contribution in [0.25, 0.3) is 0 Å². The zero-order valence-corrected chi connectivity index (χ0v) is 15.4. The Labute approximate surface area is 156 Å². The molecular weight excluding hydrogens is 358 g/mol. The normalized spacial score (nSPS) is 15.7. The summed E-state index contributed by atoms with van der Waals surface area (Å²) in [6.07, 6.45) is 0. The maximum absolute atomic E-state index is 12.2. The van der Waals surface area contributed by atoms with Gasteiger partial charge in [0.05, 0.1) is 25.5 Å². The highest BCUT2D eigenvalue weighted by molar-refractivity contribution is 7.98. The van der Waals surface area contributed by atoms with E-state index in [4.69, 9.17) is 9.15 Å². The summed E-state index contributed by atoms with van der Waals surface area (Å²) < 4.78 is 35.3. The molecule has 7 heteroatoms. The van der Waals surface area contributed by atoms with Crippen molar-refractivity contribution < 1.29 is 17.9 Å². The summed E-state index contributed by atoms with van der Waals surface area (Å²) in [7, 11) is 0. The molecule has 0 saturated carbocycles. The van der Waals surface area contributed by atoms with Crippen molar-refractivity contribution in [3.05, 3.63) is 59.0 Å². The third-order valence-electron chi connectivity index (χ3n) is 4.20. The predicted molar refractivity (Wildman–Crippen MR) is 99.1 cm³/mol. The number of hydrogen-bond donors (Lipinski definition) is 1. The van der Waals surface area contributed by atoms with E-state index in [0.29, 0.717) is 24.1 Å². The van der Waals surface area contributed by atoms with Gasteiger partial charge in [-0.15, -0.1) is 0 Å². The first-order valence-electron chi connectivity index (χ1n) is 8.75. The lowest BCUT2D eigenvalue weighted by atomic mass is 10.1. The number of rotatable bonds is 9. The van der Waals surface area contributed by atoms with Gasteiger partial charge in [0.1, 0.15) is 11.5 Å². The summed E-state index contributed by atoms with van der Waals surface area (Å²) in [4.78, 5) is 2.40. The van der Waals surface area contributed by atoms with E-state index < -0.39 is 5.76 Å². The Morgan fingerprint density at radius 3 is 2.62 bits per heavy atom. The monoisotopic (exact) mass is 382 g/mol. The fourth-order valence-electron chi connectivity index (χ4n) is 2.93. The number of morpholine rings is 1. The van der Waals surface area contributed by atoms with Crippen LogP contribution in [0.1, 0.15) is 22.6 Å². The highest BCUT2D eigenvalue weighted by atomic mass is 32.2. The van der Waals surface area contributed by atoms with Crippen LogP contribution in [-0.4, -0.2) is 37.0 Å². The van der Waals surface area contributed by atoms with E-state index >= 15 is 0 Å². The van der Waals surface area contributed by atoms with Crippen molar-refractivity contribution in [2.45, 2.75) is 31.1 Å². The van der Waals surface area contributed by atoms with Crippen LogP contribution in [0, 0.1) is 0 Å². The first-order chi connectivity index (χ1) is 12.7. The summed E-state index contributed by atoms with van der Waals surface area (Å²) in [6.45, 7) is 5.83. The van der Waals surface area contributed by atoms with E-state index in [2.05, 4.69) is 34.5 Å². The van der Waals surface area contributed by atoms with Gasteiger partial charge in [0, 0.05) is 26.2 Å². The van der Waals surface area contributed by atoms with Crippen molar-refractivity contribution in [3.63, 3.8) is 0 Å². The second-order valence-electron chi connectivity index (χ2n) is 6.25. The molecule has 0 spiro atoms. The van der Waals surface area contributed by atoms with Crippen LogP contribution in [0.4, 0.5) is 8.78 Å². The second-order valence-corrected chi connectivity index (χ2v) is 7.23. The fraction of sp³-hybridized carbons (Fsp3) is 0.474. The van der Waals surface area contributed by atoms with Crippen LogP contribution >= 0.6 is 11.8 Å². The van der Waals surface area contributed by atoms with E-state index in [0.717, 1.165) is 45.2 Å². The number of nitrogens with zero attached hydrogens (tertiary/aromatic N) is 1. The Morgan fingerprint density at radius 2 is 1.81 bits per heavy atom. The summed E-state index contributed by atoms with van der Waals surface area (Å²) in [5.74, 6) is -0.827. The second kappa shape index (κ2) is 10.1. The van der Waals surface area contributed by atoms with Gasteiger partial charge >= 0.3 is 0 Å². The maximum Gasteiger partial charge on any atom is 0.284 e. The number of benzene rings is 1. The average molecular weight is 382 g/mol. The molecule has 2 heterocycles. The number of thioether (sulfide) groups is 1. The largest absolute Gasteiger partial charge is 0.464 e. The van der Waals surface area contributed by atoms with Crippen LogP contribution in [-0.2, 0) is 30.1 Å². The molecule has 1 N–H and O–H groups in total. The minimum atomic E-state index is -2.37. The topological polar surface area (TPSA) is 37.6 Å². The zero-order chi connectivity index (χ0) is 18.2. The molecule has 1 saturated heterocycles. The third-order valence-corrected chi connectivity index (χ3v) is 4.90. The van der Waals surface area contributed by atoms with E-state index in [9.17, 15) is 8.78 Å². The molecule has 0 bridgehead atoms. The summed E-state index contributed by atoms with van der Waals surface area (Å²) in [6, 6.07) is 12.1. The van der Waals surface area contributed by atoms with Gasteiger partial charge in [-0.2, -0.15) is 8.78 Å². The van der Waals surface area contributed by atoms with Crippen molar-refractivity contribution in [3.8, 4) is 0 Å². The Morgan fingerprint density at radius 1 is 1.04 bits per heavy atom. The molecule has 0 aliphatic carbocycles. The number of halogens is 2. The Kier molecular flexibility index (Phi) is 7.49. The molecule has 0 radical (unpaired) electrons. The van der Waals surface area contributed by atoms with Crippen molar-refractivity contribution in [1.29, 1.82) is 0 Å².